The van der Waals surface area contributed by atoms with Crippen LogP contribution in [0.25, 0.3) is 0 Å². The van der Waals surface area contributed by atoms with E-state index in [0.717, 1.165) is 8.66 Å². The molecule has 2 heterocycles. The van der Waals surface area contributed by atoms with Crippen molar-refractivity contribution < 1.29 is 18.3 Å². The van der Waals surface area contributed by atoms with Crippen molar-refractivity contribution in [2.45, 2.75) is 31.1 Å². The minimum atomic E-state index is -3.46. The van der Waals surface area contributed by atoms with Crippen molar-refractivity contribution in [3.05, 3.63) is 14.7 Å². The fourth-order valence-electron chi connectivity index (χ4n) is 2.43. The number of sulfonamides is 1. The average Bonchev–Trinajstić information content (AvgIpc) is 2.69. The summed E-state index contributed by atoms with van der Waals surface area (Å²) in [5, 5.41) is 8.77. The normalized spacial score (nSPS) is 18.3. The summed E-state index contributed by atoms with van der Waals surface area (Å²) < 4.78 is 27.4. The Morgan fingerprint density at radius 1 is 1.50 bits per heavy atom. The van der Waals surface area contributed by atoms with Crippen LogP contribution in [-0.2, 0) is 14.8 Å². The second-order valence-electron chi connectivity index (χ2n) is 4.92. The average molecular weight is 382 g/mol. The van der Waals surface area contributed by atoms with Crippen LogP contribution in [-0.4, -0.2) is 36.9 Å². The molecule has 1 saturated heterocycles. The molecule has 0 aliphatic carbocycles. The van der Waals surface area contributed by atoms with Crippen LogP contribution in [0.2, 0.25) is 0 Å². The fourth-order valence-corrected chi connectivity index (χ4v) is 6.28. The minimum Gasteiger partial charge on any atom is -0.481 e. The van der Waals surface area contributed by atoms with Gasteiger partial charge in [-0.15, -0.1) is 11.3 Å². The van der Waals surface area contributed by atoms with Crippen molar-refractivity contribution in [1.82, 2.24) is 4.31 Å². The Balaban J connectivity index is 2.10. The van der Waals surface area contributed by atoms with Gasteiger partial charge in [0.15, 0.2) is 0 Å². The van der Waals surface area contributed by atoms with Crippen molar-refractivity contribution in [3.8, 4) is 0 Å². The Labute approximate surface area is 130 Å². The van der Waals surface area contributed by atoms with Gasteiger partial charge >= 0.3 is 5.97 Å². The standard InChI is InChI=1S/C12H16BrNO4S2/c1-8-10(7-11(13)19-8)20(17,18)14-4-2-9(3-5-14)6-12(15)16/h7,9H,2-6H2,1H3,(H,15,16). The number of hydrogen-bond acceptors (Lipinski definition) is 4. The largest absolute Gasteiger partial charge is 0.481 e. The van der Waals surface area contributed by atoms with Crippen LogP contribution in [0.5, 0.6) is 0 Å². The van der Waals surface area contributed by atoms with Gasteiger partial charge in [-0.2, -0.15) is 4.31 Å². The van der Waals surface area contributed by atoms with Gasteiger partial charge in [-0.25, -0.2) is 8.42 Å². The molecule has 0 bridgehead atoms. The first-order chi connectivity index (χ1) is 9.30. The number of aryl methyl sites for hydroxylation is 1. The van der Waals surface area contributed by atoms with E-state index < -0.39 is 16.0 Å². The SMILES string of the molecule is Cc1sc(Br)cc1S(=O)(=O)N1CCC(CC(=O)O)CC1. The third kappa shape index (κ3) is 3.41. The van der Waals surface area contributed by atoms with Crippen molar-refractivity contribution in [1.29, 1.82) is 0 Å². The molecule has 0 atom stereocenters. The summed E-state index contributed by atoms with van der Waals surface area (Å²) in [6, 6.07) is 1.64. The number of nitrogens with zero attached hydrogens (tertiary/aromatic N) is 1. The monoisotopic (exact) mass is 381 g/mol. The minimum absolute atomic E-state index is 0.0780. The number of aliphatic carboxylic acids is 1. The molecule has 1 aromatic rings. The van der Waals surface area contributed by atoms with Gasteiger partial charge in [0.25, 0.3) is 0 Å². The van der Waals surface area contributed by atoms with Crippen LogP contribution in [0.4, 0.5) is 0 Å². The van der Waals surface area contributed by atoms with E-state index in [1.165, 1.54) is 15.6 Å². The van der Waals surface area contributed by atoms with Crippen LogP contribution in [0.1, 0.15) is 24.1 Å². The van der Waals surface area contributed by atoms with Gasteiger partial charge < -0.3 is 5.11 Å². The summed E-state index contributed by atoms with van der Waals surface area (Å²) >= 11 is 4.71. The summed E-state index contributed by atoms with van der Waals surface area (Å²) in [6.07, 6.45) is 1.34. The Kier molecular flexibility index (Phi) is 4.88. The number of rotatable bonds is 4. The summed E-state index contributed by atoms with van der Waals surface area (Å²) in [7, 11) is -3.46. The molecule has 0 radical (unpaired) electrons. The van der Waals surface area contributed by atoms with Crippen molar-refractivity contribution in [2.24, 2.45) is 5.92 Å². The van der Waals surface area contributed by atoms with Gasteiger partial charge in [-0.1, -0.05) is 0 Å². The van der Waals surface area contributed by atoms with E-state index in [0.29, 0.717) is 30.8 Å². The molecule has 8 heteroatoms. The molecule has 0 amide bonds. The van der Waals surface area contributed by atoms with Crippen LogP contribution in [0.3, 0.4) is 0 Å². The summed E-state index contributed by atoms with van der Waals surface area (Å²) in [5.74, 6) is -0.738. The lowest BCUT2D eigenvalue weighted by Gasteiger charge is -2.30. The summed E-state index contributed by atoms with van der Waals surface area (Å²) in [4.78, 5) is 11.8. The number of carboxylic acid groups (broad SMARTS) is 1. The molecule has 0 saturated carbocycles. The third-order valence-corrected chi connectivity index (χ3v) is 7.20. The van der Waals surface area contributed by atoms with Gasteiger partial charge in [0.1, 0.15) is 0 Å². The summed E-state index contributed by atoms with van der Waals surface area (Å²) in [6.45, 7) is 2.58. The van der Waals surface area contributed by atoms with Gasteiger partial charge in [0.05, 0.1) is 8.68 Å². The molecule has 1 fully saturated rings. The molecule has 0 spiro atoms. The Hall–Kier alpha value is -0.440. The van der Waals surface area contributed by atoms with Crippen LogP contribution in [0.15, 0.2) is 14.7 Å². The Bertz CT molecular complexity index is 603. The highest BCUT2D eigenvalue weighted by Gasteiger charge is 2.31. The lowest BCUT2D eigenvalue weighted by molar-refractivity contribution is -0.138. The van der Waals surface area contributed by atoms with Crippen molar-refractivity contribution in [2.75, 3.05) is 13.1 Å². The zero-order valence-electron chi connectivity index (χ0n) is 11.0. The first-order valence-corrected chi connectivity index (χ1v) is 9.33. The van der Waals surface area contributed by atoms with E-state index in [-0.39, 0.29) is 12.3 Å². The lowest BCUT2D eigenvalue weighted by atomic mass is 9.95. The van der Waals surface area contributed by atoms with Gasteiger partial charge in [-0.05, 0) is 47.7 Å². The lowest BCUT2D eigenvalue weighted by Crippen LogP contribution is -2.38. The third-order valence-electron chi connectivity index (χ3n) is 3.50. The Morgan fingerprint density at radius 2 is 2.10 bits per heavy atom. The predicted molar refractivity (Wildman–Crippen MR) is 80.5 cm³/mol. The molecular weight excluding hydrogens is 366 g/mol. The maximum Gasteiger partial charge on any atom is 0.303 e. The van der Waals surface area contributed by atoms with E-state index in [9.17, 15) is 13.2 Å². The molecule has 112 valence electrons. The molecular formula is C12H16BrNO4S2. The zero-order valence-corrected chi connectivity index (χ0v) is 14.2. The highest BCUT2D eigenvalue weighted by Crippen LogP contribution is 2.33. The summed E-state index contributed by atoms with van der Waals surface area (Å²) in [5.41, 5.74) is 0. The van der Waals surface area contributed by atoms with E-state index in [4.69, 9.17) is 5.11 Å². The molecule has 1 N–H and O–H groups in total. The highest BCUT2D eigenvalue weighted by molar-refractivity contribution is 9.11. The molecule has 1 aliphatic heterocycles. The molecule has 0 unspecified atom stereocenters. The number of hydrogen-bond donors (Lipinski definition) is 1. The molecule has 20 heavy (non-hydrogen) atoms. The number of carboxylic acids is 1. The maximum atomic E-state index is 12.5. The van der Waals surface area contributed by atoms with Crippen LogP contribution < -0.4 is 0 Å². The van der Waals surface area contributed by atoms with Gasteiger partial charge in [0.2, 0.25) is 10.0 Å². The number of piperidine rings is 1. The number of thiophene rings is 1. The zero-order chi connectivity index (χ0) is 14.9. The van der Waals surface area contributed by atoms with Crippen molar-refractivity contribution in [3.63, 3.8) is 0 Å². The second-order valence-corrected chi connectivity index (χ2v) is 9.46. The predicted octanol–water partition coefficient (Wildman–Crippen LogP) is 2.69. The van der Waals surface area contributed by atoms with E-state index in [1.807, 2.05) is 0 Å². The molecule has 5 nitrogen and oxygen atoms in total. The van der Waals surface area contributed by atoms with E-state index in [1.54, 1.807) is 13.0 Å². The second kappa shape index (κ2) is 6.13. The topological polar surface area (TPSA) is 74.7 Å². The highest BCUT2D eigenvalue weighted by atomic mass is 79.9. The smallest absolute Gasteiger partial charge is 0.303 e. The molecule has 1 aromatic heterocycles. The first-order valence-electron chi connectivity index (χ1n) is 6.28. The van der Waals surface area contributed by atoms with Crippen LogP contribution in [0, 0.1) is 12.8 Å². The first kappa shape index (κ1) is 15.9. The quantitative estimate of drug-likeness (QED) is 0.869. The fraction of sp³-hybridized carbons (Fsp3) is 0.583. The van der Waals surface area contributed by atoms with Gasteiger partial charge in [0, 0.05) is 24.4 Å². The van der Waals surface area contributed by atoms with Crippen molar-refractivity contribution >= 4 is 43.3 Å². The van der Waals surface area contributed by atoms with E-state index in [2.05, 4.69) is 15.9 Å². The molecule has 0 aromatic carbocycles. The van der Waals surface area contributed by atoms with Gasteiger partial charge in [-0.3, -0.25) is 4.79 Å². The van der Waals surface area contributed by atoms with Crippen LogP contribution >= 0.6 is 27.3 Å². The number of carbonyl (C=O) groups is 1. The Morgan fingerprint density at radius 3 is 2.55 bits per heavy atom. The molecule has 1 aliphatic rings. The number of halogens is 1. The molecule has 2 rings (SSSR count). The maximum absolute atomic E-state index is 12.5. The van der Waals surface area contributed by atoms with E-state index >= 15 is 0 Å².